The topological polar surface area (TPSA) is 74.0 Å². The van der Waals surface area contributed by atoms with Crippen LogP contribution in [0.2, 0.25) is 0 Å². The van der Waals surface area contributed by atoms with Crippen LogP contribution < -0.4 is 10.1 Å². The summed E-state index contributed by atoms with van der Waals surface area (Å²) in [6.07, 6.45) is 1.92. The van der Waals surface area contributed by atoms with E-state index >= 15 is 0 Å². The number of carbonyl (C=O) groups is 1. The largest absolute Gasteiger partial charge is 0.497 e. The third-order valence-corrected chi connectivity index (χ3v) is 4.36. The average Bonchev–Trinajstić information content (AvgIpc) is 3.17. The second kappa shape index (κ2) is 7.03. The van der Waals surface area contributed by atoms with Crippen LogP contribution in [0, 0.1) is 6.92 Å². The van der Waals surface area contributed by atoms with Crippen LogP contribution in [0.4, 0.5) is 0 Å². The number of methoxy groups -OCH3 is 1. The molecule has 0 fully saturated rings. The Morgan fingerprint density at radius 3 is 2.46 bits per heavy atom. The van der Waals surface area contributed by atoms with Gasteiger partial charge in [-0.05, 0) is 44.2 Å². The number of carbonyl (C=O) groups excluding carboxylic acids is 1. The molecule has 1 amide bonds. The molecule has 0 unspecified atom stereocenters. The predicted octanol–water partition coefficient (Wildman–Crippen LogP) is 2.63. The number of aromatic nitrogens is 4. The maximum absolute atomic E-state index is 12.6. The van der Waals surface area contributed by atoms with Gasteiger partial charge in [0.25, 0.3) is 5.91 Å². The van der Waals surface area contributed by atoms with Crippen molar-refractivity contribution in [3.63, 3.8) is 0 Å². The molecular weight excluding hydrogens is 330 g/mol. The number of hydrogen-bond acceptors (Lipinski definition) is 4. The van der Waals surface area contributed by atoms with Crippen molar-refractivity contribution in [1.29, 1.82) is 0 Å². The minimum absolute atomic E-state index is 0.150. The normalized spacial score (nSPS) is 12.0. The Morgan fingerprint density at radius 2 is 1.88 bits per heavy atom. The molecule has 7 heteroatoms. The van der Waals surface area contributed by atoms with Crippen molar-refractivity contribution in [2.45, 2.75) is 19.9 Å². The lowest BCUT2D eigenvalue weighted by Crippen LogP contribution is -2.27. The van der Waals surface area contributed by atoms with Gasteiger partial charge in [0.2, 0.25) is 0 Å². The summed E-state index contributed by atoms with van der Waals surface area (Å²) in [6, 6.07) is 9.30. The first-order chi connectivity index (χ1) is 12.4. The van der Waals surface area contributed by atoms with Crippen LogP contribution in [-0.2, 0) is 14.1 Å². The zero-order valence-electron chi connectivity index (χ0n) is 15.6. The monoisotopic (exact) mass is 353 g/mol. The standard InChI is InChI=1S/C19H23N5O2/c1-12(16-11-23(3)21-13(16)2)20-19(25)17-10-18(24(4)22-17)14-6-8-15(26-5)9-7-14/h6-12H,1-5H3,(H,20,25)/t12-/m1/s1. The van der Waals surface area contributed by atoms with Crippen LogP contribution in [0.15, 0.2) is 36.5 Å². The lowest BCUT2D eigenvalue weighted by Gasteiger charge is -2.11. The van der Waals surface area contributed by atoms with E-state index in [1.54, 1.807) is 22.5 Å². The highest BCUT2D eigenvalue weighted by molar-refractivity contribution is 5.93. The minimum Gasteiger partial charge on any atom is -0.497 e. The number of rotatable bonds is 5. The third-order valence-electron chi connectivity index (χ3n) is 4.36. The van der Waals surface area contributed by atoms with E-state index in [0.717, 1.165) is 28.3 Å². The van der Waals surface area contributed by atoms with Gasteiger partial charge in [0.1, 0.15) is 5.75 Å². The van der Waals surface area contributed by atoms with Crippen molar-refractivity contribution in [2.24, 2.45) is 14.1 Å². The van der Waals surface area contributed by atoms with E-state index in [0.29, 0.717) is 5.69 Å². The molecule has 0 aliphatic rings. The quantitative estimate of drug-likeness (QED) is 0.765. The molecule has 0 aliphatic heterocycles. The minimum atomic E-state index is -0.212. The summed E-state index contributed by atoms with van der Waals surface area (Å²) in [5, 5.41) is 11.7. The Kier molecular flexibility index (Phi) is 4.79. The van der Waals surface area contributed by atoms with Crippen LogP contribution in [-0.4, -0.2) is 32.6 Å². The van der Waals surface area contributed by atoms with E-state index in [4.69, 9.17) is 4.74 Å². The fourth-order valence-corrected chi connectivity index (χ4v) is 3.00. The molecule has 136 valence electrons. The fraction of sp³-hybridized carbons (Fsp3) is 0.316. The highest BCUT2D eigenvalue weighted by atomic mass is 16.5. The molecule has 1 atom stereocenters. The average molecular weight is 353 g/mol. The first-order valence-electron chi connectivity index (χ1n) is 8.38. The SMILES string of the molecule is COc1ccc(-c2cc(C(=O)N[C@H](C)c3cn(C)nc3C)nn2C)cc1. The van der Waals surface area contributed by atoms with Gasteiger partial charge in [-0.3, -0.25) is 14.2 Å². The Labute approximate surface area is 152 Å². The number of nitrogens with one attached hydrogen (secondary N) is 1. The molecule has 3 aromatic rings. The molecule has 1 aromatic carbocycles. The molecule has 1 N–H and O–H groups in total. The zero-order chi connectivity index (χ0) is 18.8. The van der Waals surface area contributed by atoms with E-state index in [2.05, 4.69) is 15.5 Å². The number of hydrogen-bond donors (Lipinski definition) is 1. The molecule has 2 aromatic heterocycles. The van der Waals surface area contributed by atoms with Gasteiger partial charge >= 0.3 is 0 Å². The van der Waals surface area contributed by atoms with Crippen molar-refractivity contribution in [3.8, 4) is 17.0 Å². The Bertz CT molecular complexity index is 924. The number of nitrogens with zero attached hydrogens (tertiary/aromatic N) is 4. The molecule has 3 rings (SSSR count). The summed E-state index contributed by atoms with van der Waals surface area (Å²) in [6.45, 7) is 3.87. The molecule has 0 spiro atoms. The molecule has 0 bridgehead atoms. The van der Waals surface area contributed by atoms with Crippen LogP contribution >= 0.6 is 0 Å². The van der Waals surface area contributed by atoms with Gasteiger partial charge in [0.05, 0.1) is 24.5 Å². The summed E-state index contributed by atoms with van der Waals surface area (Å²) < 4.78 is 8.63. The van der Waals surface area contributed by atoms with Gasteiger partial charge < -0.3 is 10.1 Å². The van der Waals surface area contributed by atoms with E-state index < -0.39 is 0 Å². The van der Waals surface area contributed by atoms with Crippen molar-refractivity contribution < 1.29 is 9.53 Å². The van der Waals surface area contributed by atoms with E-state index in [-0.39, 0.29) is 11.9 Å². The Morgan fingerprint density at radius 1 is 1.19 bits per heavy atom. The van der Waals surface area contributed by atoms with Crippen molar-refractivity contribution in [2.75, 3.05) is 7.11 Å². The lowest BCUT2D eigenvalue weighted by atomic mass is 10.1. The van der Waals surface area contributed by atoms with Gasteiger partial charge in [0.15, 0.2) is 5.69 Å². The number of ether oxygens (including phenoxy) is 1. The molecule has 0 saturated carbocycles. The van der Waals surface area contributed by atoms with Crippen molar-refractivity contribution in [1.82, 2.24) is 24.9 Å². The molecule has 0 radical (unpaired) electrons. The Balaban J connectivity index is 1.79. The van der Waals surface area contributed by atoms with Gasteiger partial charge in [-0.25, -0.2) is 0 Å². The molecule has 2 heterocycles. The summed E-state index contributed by atoms with van der Waals surface area (Å²) in [5.74, 6) is 0.575. The molecule has 0 aliphatic carbocycles. The van der Waals surface area contributed by atoms with Crippen LogP contribution in [0.1, 0.15) is 34.7 Å². The van der Waals surface area contributed by atoms with Crippen LogP contribution in [0.5, 0.6) is 5.75 Å². The summed E-state index contributed by atoms with van der Waals surface area (Å²) in [4.78, 5) is 12.6. The van der Waals surface area contributed by atoms with E-state index in [9.17, 15) is 4.79 Å². The summed E-state index contributed by atoms with van der Waals surface area (Å²) >= 11 is 0. The Hall–Kier alpha value is -3.09. The lowest BCUT2D eigenvalue weighted by molar-refractivity contribution is 0.0934. The predicted molar refractivity (Wildman–Crippen MR) is 99.0 cm³/mol. The second-order valence-corrected chi connectivity index (χ2v) is 6.31. The first kappa shape index (κ1) is 17.7. The van der Waals surface area contributed by atoms with Crippen LogP contribution in [0.3, 0.4) is 0 Å². The van der Waals surface area contributed by atoms with Crippen LogP contribution in [0.25, 0.3) is 11.3 Å². The van der Waals surface area contributed by atoms with E-state index in [1.807, 2.05) is 58.4 Å². The van der Waals surface area contributed by atoms with Gasteiger partial charge in [-0.1, -0.05) is 0 Å². The van der Waals surface area contributed by atoms with Gasteiger partial charge in [-0.15, -0.1) is 0 Å². The molecular formula is C19H23N5O2. The summed E-state index contributed by atoms with van der Waals surface area (Å²) in [7, 11) is 5.32. The summed E-state index contributed by atoms with van der Waals surface area (Å²) in [5.41, 5.74) is 4.11. The molecule has 26 heavy (non-hydrogen) atoms. The third kappa shape index (κ3) is 3.46. The number of aryl methyl sites for hydroxylation is 3. The van der Waals surface area contributed by atoms with Gasteiger partial charge in [-0.2, -0.15) is 10.2 Å². The maximum atomic E-state index is 12.6. The molecule has 0 saturated heterocycles. The second-order valence-electron chi connectivity index (χ2n) is 6.31. The molecule has 7 nitrogen and oxygen atoms in total. The van der Waals surface area contributed by atoms with Gasteiger partial charge in [0, 0.05) is 31.4 Å². The highest BCUT2D eigenvalue weighted by Gasteiger charge is 2.18. The number of benzene rings is 1. The first-order valence-corrected chi connectivity index (χ1v) is 8.38. The number of amides is 1. The highest BCUT2D eigenvalue weighted by Crippen LogP contribution is 2.23. The van der Waals surface area contributed by atoms with E-state index in [1.165, 1.54) is 0 Å². The fourth-order valence-electron chi connectivity index (χ4n) is 3.00. The zero-order valence-corrected chi connectivity index (χ0v) is 15.6. The van der Waals surface area contributed by atoms with Crippen molar-refractivity contribution >= 4 is 5.91 Å². The smallest absolute Gasteiger partial charge is 0.272 e. The maximum Gasteiger partial charge on any atom is 0.272 e. The van der Waals surface area contributed by atoms with Crippen molar-refractivity contribution in [3.05, 3.63) is 53.5 Å².